The zero-order chi connectivity index (χ0) is 11.5. The van der Waals surface area contributed by atoms with E-state index >= 15 is 0 Å². The lowest BCUT2D eigenvalue weighted by molar-refractivity contribution is -0.154. The van der Waals surface area contributed by atoms with Crippen LogP contribution < -0.4 is 0 Å². The molecule has 1 aromatic rings. The summed E-state index contributed by atoms with van der Waals surface area (Å²) in [7, 11) is 0. The maximum atomic E-state index is 12.0. The summed E-state index contributed by atoms with van der Waals surface area (Å²) in [5, 5.41) is 9.36. The first-order valence-electron chi connectivity index (χ1n) is 4.76. The molecule has 0 fully saturated rings. The Morgan fingerprint density at radius 1 is 1.33 bits per heavy atom. The van der Waals surface area contributed by atoms with Gasteiger partial charge in [-0.1, -0.05) is 31.2 Å². The third-order valence-electron chi connectivity index (χ3n) is 2.17. The number of alkyl halides is 3. The SMILES string of the molecule is CCc1cccc(C(O)CC(F)(F)F)c1. The van der Waals surface area contributed by atoms with Gasteiger partial charge in [-0.15, -0.1) is 0 Å². The molecule has 0 spiro atoms. The van der Waals surface area contributed by atoms with E-state index < -0.39 is 18.7 Å². The smallest absolute Gasteiger partial charge is 0.388 e. The third kappa shape index (κ3) is 3.91. The van der Waals surface area contributed by atoms with Crippen molar-refractivity contribution >= 4 is 0 Å². The van der Waals surface area contributed by atoms with Crippen LogP contribution in [0.1, 0.15) is 30.6 Å². The van der Waals surface area contributed by atoms with Crippen LogP contribution in [0, 0.1) is 0 Å². The molecule has 0 radical (unpaired) electrons. The fourth-order valence-corrected chi connectivity index (χ4v) is 1.36. The molecule has 0 aliphatic rings. The number of aryl methyl sites for hydroxylation is 1. The number of hydrogen-bond acceptors (Lipinski definition) is 1. The van der Waals surface area contributed by atoms with E-state index in [1.807, 2.05) is 13.0 Å². The van der Waals surface area contributed by atoms with Crippen molar-refractivity contribution in [2.75, 3.05) is 0 Å². The van der Waals surface area contributed by atoms with Crippen LogP contribution in [0.15, 0.2) is 24.3 Å². The molecule has 4 heteroatoms. The van der Waals surface area contributed by atoms with Crippen molar-refractivity contribution in [2.45, 2.75) is 32.0 Å². The minimum atomic E-state index is -4.33. The highest BCUT2D eigenvalue weighted by Gasteiger charge is 2.31. The quantitative estimate of drug-likeness (QED) is 0.825. The largest absolute Gasteiger partial charge is 0.391 e. The number of rotatable bonds is 3. The predicted molar refractivity (Wildman–Crippen MR) is 51.5 cm³/mol. The van der Waals surface area contributed by atoms with Crippen LogP contribution in [-0.2, 0) is 6.42 Å². The van der Waals surface area contributed by atoms with Gasteiger partial charge in [0.2, 0.25) is 0 Å². The lowest BCUT2D eigenvalue weighted by Crippen LogP contribution is -2.13. The number of benzene rings is 1. The standard InChI is InChI=1S/C11H13F3O/c1-2-8-4-3-5-9(6-8)10(15)7-11(12,13)14/h3-6,10,15H,2,7H2,1H3. The fourth-order valence-electron chi connectivity index (χ4n) is 1.36. The monoisotopic (exact) mass is 218 g/mol. The van der Waals surface area contributed by atoms with Gasteiger partial charge in [-0.25, -0.2) is 0 Å². The molecule has 84 valence electrons. The lowest BCUT2D eigenvalue weighted by Gasteiger charge is -2.14. The van der Waals surface area contributed by atoms with E-state index in [9.17, 15) is 18.3 Å². The van der Waals surface area contributed by atoms with Gasteiger partial charge in [0.25, 0.3) is 0 Å². The fraction of sp³-hybridized carbons (Fsp3) is 0.455. The summed E-state index contributed by atoms with van der Waals surface area (Å²) in [5.74, 6) is 0. The Hall–Kier alpha value is -1.03. The van der Waals surface area contributed by atoms with Crippen LogP contribution in [0.2, 0.25) is 0 Å². The highest BCUT2D eigenvalue weighted by Crippen LogP contribution is 2.29. The predicted octanol–water partition coefficient (Wildman–Crippen LogP) is 3.23. The lowest BCUT2D eigenvalue weighted by atomic mass is 10.0. The molecule has 0 heterocycles. The van der Waals surface area contributed by atoms with Gasteiger partial charge in [-0.2, -0.15) is 13.2 Å². The molecule has 0 amide bonds. The van der Waals surface area contributed by atoms with Crippen LogP contribution in [0.4, 0.5) is 13.2 Å². The number of hydrogen-bond donors (Lipinski definition) is 1. The maximum absolute atomic E-state index is 12.0. The molecule has 0 saturated heterocycles. The first-order chi connectivity index (χ1) is 6.92. The Labute approximate surface area is 86.5 Å². The van der Waals surface area contributed by atoms with Gasteiger partial charge in [0, 0.05) is 0 Å². The highest BCUT2D eigenvalue weighted by molar-refractivity contribution is 5.25. The van der Waals surface area contributed by atoms with Crippen molar-refractivity contribution < 1.29 is 18.3 Å². The van der Waals surface area contributed by atoms with Gasteiger partial charge in [-0.05, 0) is 17.5 Å². The molecule has 1 nitrogen and oxygen atoms in total. The van der Waals surface area contributed by atoms with Crippen molar-refractivity contribution in [1.29, 1.82) is 0 Å². The maximum Gasteiger partial charge on any atom is 0.391 e. The van der Waals surface area contributed by atoms with E-state index in [-0.39, 0.29) is 0 Å². The van der Waals surface area contributed by atoms with Crippen LogP contribution in [0.5, 0.6) is 0 Å². The second-order valence-corrected chi connectivity index (χ2v) is 3.43. The minimum Gasteiger partial charge on any atom is -0.388 e. The summed E-state index contributed by atoms with van der Waals surface area (Å²) in [6.07, 6.45) is -6.24. The van der Waals surface area contributed by atoms with Crippen LogP contribution in [0.3, 0.4) is 0 Å². The molecule has 1 N–H and O–H groups in total. The molecule has 15 heavy (non-hydrogen) atoms. The van der Waals surface area contributed by atoms with Crippen molar-refractivity contribution in [1.82, 2.24) is 0 Å². The Bertz CT molecular complexity index is 320. The van der Waals surface area contributed by atoms with Gasteiger partial charge in [0.15, 0.2) is 0 Å². The van der Waals surface area contributed by atoms with Crippen molar-refractivity contribution in [3.05, 3.63) is 35.4 Å². The first kappa shape index (κ1) is 12.0. The Morgan fingerprint density at radius 2 is 2.00 bits per heavy atom. The normalized spacial score (nSPS) is 13.9. The van der Waals surface area contributed by atoms with Gasteiger partial charge in [0.05, 0.1) is 12.5 Å². The van der Waals surface area contributed by atoms with Gasteiger partial charge in [-0.3, -0.25) is 0 Å². The first-order valence-corrected chi connectivity index (χ1v) is 4.76. The third-order valence-corrected chi connectivity index (χ3v) is 2.17. The van der Waals surface area contributed by atoms with Crippen LogP contribution >= 0.6 is 0 Å². The summed E-state index contributed by atoms with van der Waals surface area (Å²) in [6, 6.07) is 6.60. The van der Waals surface area contributed by atoms with E-state index in [2.05, 4.69) is 0 Å². The molecule has 0 aliphatic heterocycles. The van der Waals surface area contributed by atoms with E-state index in [0.717, 1.165) is 12.0 Å². The van der Waals surface area contributed by atoms with E-state index in [1.165, 1.54) is 6.07 Å². The average Bonchev–Trinajstić information content (AvgIpc) is 2.15. The molecule has 1 unspecified atom stereocenters. The molecule has 0 aliphatic carbocycles. The van der Waals surface area contributed by atoms with Crippen molar-refractivity contribution in [2.24, 2.45) is 0 Å². The molecule has 1 atom stereocenters. The van der Waals surface area contributed by atoms with Gasteiger partial charge in [0.1, 0.15) is 0 Å². The molecular weight excluding hydrogens is 205 g/mol. The topological polar surface area (TPSA) is 20.2 Å². The van der Waals surface area contributed by atoms with Gasteiger partial charge >= 0.3 is 6.18 Å². The zero-order valence-corrected chi connectivity index (χ0v) is 8.38. The molecular formula is C11H13F3O. The minimum absolute atomic E-state index is 0.326. The number of halogens is 3. The van der Waals surface area contributed by atoms with Gasteiger partial charge < -0.3 is 5.11 Å². The summed E-state index contributed by atoms with van der Waals surface area (Å²) in [6.45, 7) is 1.91. The van der Waals surface area contributed by atoms with E-state index in [0.29, 0.717) is 5.56 Å². The molecule has 0 aromatic heterocycles. The Kier molecular flexibility index (Phi) is 3.74. The average molecular weight is 218 g/mol. The second kappa shape index (κ2) is 4.66. The summed E-state index contributed by atoms with van der Waals surface area (Å²) in [5.41, 5.74) is 1.25. The Balaban J connectivity index is 2.77. The van der Waals surface area contributed by atoms with E-state index in [4.69, 9.17) is 0 Å². The molecule has 1 aromatic carbocycles. The summed E-state index contributed by atoms with van der Waals surface area (Å²) in [4.78, 5) is 0. The second-order valence-electron chi connectivity index (χ2n) is 3.43. The van der Waals surface area contributed by atoms with E-state index in [1.54, 1.807) is 12.1 Å². The summed E-state index contributed by atoms with van der Waals surface area (Å²) < 4.78 is 36.0. The molecule has 0 bridgehead atoms. The van der Waals surface area contributed by atoms with Crippen molar-refractivity contribution in [3.8, 4) is 0 Å². The zero-order valence-electron chi connectivity index (χ0n) is 8.38. The number of aliphatic hydroxyl groups is 1. The highest BCUT2D eigenvalue weighted by atomic mass is 19.4. The van der Waals surface area contributed by atoms with Crippen molar-refractivity contribution in [3.63, 3.8) is 0 Å². The van der Waals surface area contributed by atoms with Crippen LogP contribution in [0.25, 0.3) is 0 Å². The van der Waals surface area contributed by atoms with Crippen LogP contribution in [-0.4, -0.2) is 11.3 Å². The molecule has 1 rings (SSSR count). The summed E-state index contributed by atoms with van der Waals surface area (Å²) >= 11 is 0. The Morgan fingerprint density at radius 3 is 2.53 bits per heavy atom. The number of aliphatic hydroxyl groups excluding tert-OH is 1. The molecule has 0 saturated carbocycles.